The van der Waals surface area contributed by atoms with Crippen molar-refractivity contribution in [2.75, 3.05) is 25.5 Å². The summed E-state index contributed by atoms with van der Waals surface area (Å²) in [5.74, 6) is 0. The molecule has 0 fully saturated rings. The molecule has 1 aromatic carbocycles. The fraction of sp³-hybridized carbons (Fsp3) is 0.353. The number of anilines is 1. The normalized spacial score (nSPS) is 12.2. The van der Waals surface area contributed by atoms with E-state index in [9.17, 15) is 0 Å². The Morgan fingerprint density at radius 3 is 2.45 bits per heavy atom. The molecule has 0 aliphatic carbocycles. The first-order valence-electron chi connectivity index (χ1n) is 7.07. The molecule has 0 saturated carbocycles. The van der Waals surface area contributed by atoms with E-state index in [-0.39, 0.29) is 0 Å². The minimum Gasteiger partial charge on any atom is -0.378 e. The Kier molecular flexibility index (Phi) is 5.13. The quantitative estimate of drug-likeness (QED) is 0.873. The summed E-state index contributed by atoms with van der Waals surface area (Å²) < 4.78 is 0. The fourth-order valence-corrected chi connectivity index (χ4v) is 2.14. The summed E-state index contributed by atoms with van der Waals surface area (Å²) in [6.07, 6.45) is 2.81. The third kappa shape index (κ3) is 4.07. The maximum Gasteiger partial charge on any atom is 0.0416 e. The molecule has 1 heterocycles. The molecule has 1 aromatic heterocycles. The molecular weight excluding hydrogens is 246 g/mol. The van der Waals surface area contributed by atoms with E-state index in [1.807, 2.05) is 18.3 Å². The molecule has 0 aliphatic rings. The molecule has 1 unspecified atom stereocenters. The molecule has 0 radical (unpaired) electrons. The van der Waals surface area contributed by atoms with E-state index in [0.29, 0.717) is 6.04 Å². The van der Waals surface area contributed by atoms with Gasteiger partial charge in [-0.05, 0) is 36.8 Å². The van der Waals surface area contributed by atoms with Crippen molar-refractivity contribution in [3.8, 4) is 0 Å². The van der Waals surface area contributed by atoms with Gasteiger partial charge in [0, 0.05) is 50.7 Å². The SMILES string of the molecule is CC(NCCc1ccccn1)c1ccc(N(C)C)cc1. The van der Waals surface area contributed by atoms with Crippen LogP contribution in [0.2, 0.25) is 0 Å². The summed E-state index contributed by atoms with van der Waals surface area (Å²) >= 11 is 0. The van der Waals surface area contributed by atoms with Gasteiger partial charge in [-0.2, -0.15) is 0 Å². The molecule has 0 spiro atoms. The zero-order valence-electron chi connectivity index (χ0n) is 12.5. The van der Waals surface area contributed by atoms with Crippen LogP contribution in [0.1, 0.15) is 24.2 Å². The molecule has 2 rings (SSSR count). The second-order valence-electron chi connectivity index (χ2n) is 5.23. The van der Waals surface area contributed by atoms with Gasteiger partial charge in [-0.1, -0.05) is 18.2 Å². The van der Waals surface area contributed by atoms with Crippen molar-refractivity contribution in [2.24, 2.45) is 0 Å². The Balaban J connectivity index is 1.84. The number of benzene rings is 1. The molecule has 1 N–H and O–H groups in total. The van der Waals surface area contributed by atoms with Crippen molar-refractivity contribution in [2.45, 2.75) is 19.4 Å². The van der Waals surface area contributed by atoms with Gasteiger partial charge in [-0.15, -0.1) is 0 Å². The van der Waals surface area contributed by atoms with Gasteiger partial charge in [0.15, 0.2) is 0 Å². The molecule has 0 saturated heterocycles. The number of nitrogens with zero attached hydrogens (tertiary/aromatic N) is 2. The van der Waals surface area contributed by atoms with E-state index in [0.717, 1.165) is 18.7 Å². The first kappa shape index (κ1) is 14.5. The Morgan fingerprint density at radius 1 is 1.10 bits per heavy atom. The fourth-order valence-electron chi connectivity index (χ4n) is 2.14. The van der Waals surface area contributed by atoms with Crippen LogP contribution >= 0.6 is 0 Å². The predicted octanol–water partition coefficient (Wildman–Crippen LogP) is 3.04. The highest BCUT2D eigenvalue weighted by Gasteiger charge is 2.05. The monoisotopic (exact) mass is 269 g/mol. The van der Waals surface area contributed by atoms with Crippen LogP contribution in [0.3, 0.4) is 0 Å². The lowest BCUT2D eigenvalue weighted by molar-refractivity contribution is 0.574. The topological polar surface area (TPSA) is 28.2 Å². The Bertz CT molecular complexity index is 506. The Morgan fingerprint density at radius 2 is 1.85 bits per heavy atom. The standard InChI is InChI=1S/C17H23N3/c1-14(15-7-9-17(10-8-15)20(2)3)18-13-11-16-6-4-5-12-19-16/h4-10,12,14,18H,11,13H2,1-3H3. The van der Waals surface area contributed by atoms with Crippen molar-refractivity contribution >= 4 is 5.69 Å². The summed E-state index contributed by atoms with van der Waals surface area (Å²) in [6.45, 7) is 3.14. The lowest BCUT2D eigenvalue weighted by Crippen LogP contribution is -2.21. The third-order valence-corrected chi connectivity index (χ3v) is 3.47. The maximum atomic E-state index is 4.33. The maximum absolute atomic E-state index is 4.33. The van der Waals surface area contributed by atoms with Crippen molar-refractivity contribution < 1.29 is 0 Å². The molecule has 20 heavy (non-hydrogen) atoms. The molecule has 0 aliphatic heterocycles. The van der Waals surface area contributed by atoms with Gasteiger partial charge in [-0.3, -0.25) is 4.98 Å². The van der Waals surface area contributed by atoms with Crippen LogP contribution in [-0.2, 0) is 6.42 Å². The van der Waals surface area contributed by atoms with Crippen LogP contribution in [-0.4, -0.2) is 25.6 Å². The molecule has 3 heteroatoms. The van der Waals surface area contributed by atoms with E-state index >= 15 is 0 Å². The predicted molar refractivity (Wildman–Crippen MR) is 85.1 cm³/mol. The van der Waals surface area contributed by atoms with Crippen molar-refractivity contribution in [3.63, 3.8) is 0 Å². The highest BCUT2D eigenvalue weighted by Crippen LogP contribution is 2.17. The molecule has 0 bridgehead atoms. The van der Waals surface area contributed by atoms with Gasteiger partial charge < -0.3 is 10.2 Å². The molecule has 0 amide bonds. The van der Waals surface area contributed by atoms with Crippen LogP contribution in [0.4, 0.5) is 5.69 Å². The first-order chi connectivity index (χ1) is 9.66. The molecular formula is C17H23N3. The smallest absolute Gasteiger partial charge is 0.0416 e. The van der Waals surface area contributed by atoms with Crippen molar-refractivity contribution in [3.05, 3.63) is 59.9 Å². The van der Waals surface area contributed by atoms with Gasteiger partial charge in [0.2, 0.25) is 0 Å². The van der Waals surface area contributed by atoms with Gasteiger partial charge in [0.25, 0.3) is 0 Å². The molecule has 1 atom stereocenters. The van der Waals surface area contributed by atoms with Crippen LogP contribution in [0.5, 0.6) is 0 Å². The Hall–Kier alpha value is -1.87. The molecule has 2 aromatic rings. The number of hydrogen-bond acceptors (Lipinski definition) is 3. The van der Waals surface area contributed by atoms with Crippen LogP contribution < -0.4 is 10.2 Å². The van der Waals surface area contributed by atoms with Crippen LogP contribution in [0.25, 0.3) is 0 Å². The van der Waals surface area contributed by atoms with E-state index in [1.54, 1.807) is 0 Å². The summed E-state index contributed by atoms with van der Waals surface area (Å²) in [4.78, 5) is 6.45. The van der Waals surface area contributed by atoms with Gasteiger partial charge in [0.1, 0.15) is 0 Å². The highest BCUT2D eigenvalue weighted by molar-refractivity contribution is 5.46. The average molecular weight is 269 g/mol. The second kappa shape index (κ2) is 7.06. The van der Waals surface area contributed by atoms with Gasteiger partial charge in [-0.25, -0.2) is 0 Å². The first-order valence-corrected chi connectivity index (χ1v) is 7.07. The molecule has 106 valence electrons. The van der Waals surface area contributed by atoms with E-state index in [4.69, 9.17) is 0 Å². The largest absolute Gasteiger partial charge is 0.378 e. The number of pyridine rings is 1. The average Bonchev–Trinajstić information content (AvgIpc) is 2.48. The zero-order valence-corrected chi connectivity index (χ0v) is 12.5. The highest BCUT2D eigenvalue weighted by atomic mass is 15.1. The number of nitrogens with one attached hydrogen (secondary N) is 1. The summed E-state index contributed by atoms with van der Waals surface area (Å²) in [5.41, 5.74) is 3.68. The van der Waals surface area contributed by atoms with Crippen molar-refractivity contribution in [1.29, 1.82) is 0 Å². The minimum atomic E-state index is 0.356. The van der Waals surface area contributed by atoms with Crippen LogP contribution in [0.15, 0.2) is 48.7 Å². The minimum absolute atomic E-state index is 0.356. The van der Waals surface area contributed by atoms with Gasteiger partial charge in [0.05, 0.1) is 0 Å². The van der Waals surface area contributed by atoms with Crippen molar-refractivity contribution in [1.82, 2.24) is 10.3 Å². The number of rotatable bonds is 6. The van der Waals surface area contributed by atoms with Gasteiger partial charge >= 0.3 is 0 Å². The third-order valence-electron chi connectivity index (χ3n) is 3.47. The number of aromatic nitrogens is 1. The zero-order chi connectivity index (χ0) is 14.4. The molecule has 3 nitrogen and oxygen atoms in total. The van der Waals surface area contributed by atoms with E-state index in [1.165, 1.54) is 11.3 Å². The second-order valence-corrected chi connectivity index (χ2v) is 5.23. The van der Waals surface area contributed by atoms with E-state index < -0.39 is 0 Å². The summed E-state index contributed by atoms with van der Waals surface area (Å²) in [7, 11) is 4.12. The summed E-state index contributed by atoms with van der Waals surface area (Å²) in [5, 5.41) is 3.54. The lowest BCUT2D eigenvalue weighted by Gasteiger charge is -2.17. The Labute approximate surface area is 121 Å². The van der Waals surface area contributed by atoms with Crippen LogP contribution in [0, 0.1) is 0 Å². The number of hydrogen-bond donors (Lipinski definition) is 1. The lowest BCUT2D eigenvalue weighted by atomic mass is 10.1. The summed E-state index contributed by atoms with van der Waals surface area (Å²) in [6, 6.07) is 15.1. The van der Waals surface area contributed by atoms with E-state index in [2.05, 4.69) is 66.6 Å².